The molecule has 0 bridgehead atoms. The molecular weight excluding hydrogens is 334 g/mol. The van der Waals surface area contributed by atoms with Crippen LogP contribution in [-0.4, -0.2) is 53.4 Å². The minimum Gasteiger partial charge on any atom is -0.336 e. The summed E-state index contributed by atoms with van der Waals surface area (Å²) in [6.45, 7) is 4.22. The van der Waals surface area contributed by atoms with E-state index >= 15 is 0 Å². The first-order chi connectivity index (χ1) is 10.9. The second-order valence-electron chi connectivity index (χ2n) is 7.11. The van der Waals surface area contributed by atoms with E-state index in [0.29, 0.717) is 32.6 Å². The topological polar surface area (TPSA) is 70.6 Å². The number of thiazole rings is 1. The van der Waals surface area contributed by atoms with Crippen LogP contribution in [0.5, 0.6) is 0 Å². The fourth-order valence-corrected chi connectivity index (χ4v) is 6.32. The fourth-order valence-electron chi connectivity index (χ4n) is 3.76. The molecule has 1 aromatic heterocycles. The first-order valence-electron chi connectivity index (χ1n) is 8.06. The van der Waals surface area contributed by atoms with Gasteiger partial charge in [-0.2, -0.15) is 0 Å². The van der Waals surface area contributed by atoms with Crippen LogP contribution >= 0.6 is 11.3 Å². The molecule has 1 amide bonds. The van der Waals surface area contributed by atoms with Gasteiger partial charge in [0.25, 0.3) is 0 Å². The quantitative estimate of drug-likeness (QED) is 0.818. The van der Waals surface area contributed by atoms with Crippen LogP contribution in [0.4, 0.5) is 0 Å². The van der Waals surface area contributed by atoms with E-state index in [0.717, 1.165) is 30.0 Å². The van der Waals surface area contributed by atoms with Gasteiger partial charge in [0.05, 0.1) is 22.5 Å². The Kier molecular flexibility index (Phi) is 3.55. The SMILES string of the molecule is Cc1nc(CN2CC3(CCN(S(=O)(=O)C4CC4)C3)CC2=O)cs1. The highest BCUT2D eigenvalue weighted by atomic mass is 32.2. The molecule has 1 spiro atoms. The lowest BCUT2D eigenvalue weighted by Crippen LogP contribution is -2.35. The molecule has 3 aliphatic rings. The Labute approximate surface area is 140 Å². The molecule has 1 aliphatic carbocycles. The van der Waals surface area contributed by atoms with Crippen molar-refractivity contribution in [1.82, 2.24) is 14.2 Å². The van der Waals surface area contributed by atoms with Crippen LogP contribution < -0.4 is 0 Å². The van der Waals surface area contributed by atoms with Crippen molar-refractivity contribution < 1.29 is 13.2 Å². The van der Waals surface area contributed by atoms with Gasteiger partial charge in [0.1, 0.15) is 0 Å². The Balaban J connectivity index is 1.45. The largest absolute Gasteiger partial charge is 0.336 e. The summed E-state index contributed by atoms with van der Waals surface area (Å²) in [6, 6.07) is 0. The molecule has 3 heterocycles. The van der Waals surface area contributed by atoms with Gasteiger partial charge in [-0.05, 0) is 26.2 Å². The molecule has 126 valence electrons. The minimum absolute atomic E-state index is 0.126. The van der Waals surface area contributed by atoms with Gasteiger partial charge in [-0.25, -0.2) is 17.7 Å². The maximum atomic E-state index is 12.4. The highest BCUT2D eigenvalue weighted by Crippen LogP contribution is 2.43. The van der Waals surface area contributed by atoms with Crippen molar-refractivity contribution in [2.24, 2.45) is 5.41 Å². The molecule has 8 heteroatoms. The van der Waals surface area contributed by atoms with Crippen LogP contribution in [-0.2, 0) is 21.4 Å². The number of likely N-dealkylation sites (tertiary alicyclic amines) is 1. The molecule has 0 aromatic carbocycles. The van der Waals surface area contributed by atoms with Gasteiger partial charge >= 0.3 is 0 Å². The van der Waals surface area contributed by atoms with Crippen molar-refractivity contribution in [3.05, 3.63) is 16.1 Å². The molecule has 2 saturated heterocycles. The van der Waals surface area contributed by atoms with Crippen LogP contribution in [0.1, 0.15) is 36.4 Å². The molecule has 1 atom stereocenters. The number of sulfonamides is 1. The zero-order valence-electron chi connectivity index (χ0n) is 13.2. The van der Waals surface area contributed by atoms with E-state index in [2.05, 4.69) is 4.98 Å². The maximum Gasteiger partial charge on any atom is 0.223 e. The minimum atomic E-state index is -3.13. The van der Waals surface area contributed by atoms with Gasteiger partial charge in [0.2, 0.25) is 15.9 Å². The highest BCUT2D eigenvalue weighted by Gasteiger charge is 2.52. The van der Waals surface area contributed by atoms with Crippen molar-refractivity contribution in [3.63, 3.8) is 0 Å². The molecule has 3 fully saturated rings. The average Bonchev–Trinajstić information content (AvgIpc) is 3.07. The third-order valence-corrected chi connectivity index (χ3v) is 8.30. The summed E-state index contributed by atoms with van der Waals surface area (Å²) in [5, 5.41) is 2.83. The van der Waals surface area contributed by atoms with Gasteiger partial charge in [-0.1, -0.05) is 0 Å². The number of carbonyl (C=O) groups is 1. The van der Waals surface area contributed by atoms with Crippen LogP contribution in [0.25, 0.3) is 0 Å². The van der Waals surface area contributed by atoms with E-state index in [9.17, 15) is 13.2 Å². The molecule has 1 unspecified atom stereocenters. The van der Waals surface area contributed by atoms with Gasteiger partial charge in [-0.15, -0.1) is 11.3 Å². The summed E-state index contributed by atoms with van der Waals surface area (Å²) in [6.07, 6.45) is 2.84. The molecule has 6 nitrogen and oxygen atoms in total. The maximum absolute atomic E-state index is 12.4. The van der Waals surface area contributed by atoms with Crippen molar-refractivity contribution in [2.45, 2.75) is 44.4 Å². The molecule has 2 aliphatic heterocycles. The van der Waals surface area contributed by atoms with Crippen LogP contribution in [0.2, 0.25) is 0 Å². The smallest absolute Gasteiger partial charge is 0.223 e. The predicted octanol–water partition coefficient (Wildman–Crippen LogP) is 1.37. The zero-order valence-corrected chi connectivity index (χ0v) is 14.8. The number of amides is 1. The monoisotopic (exact) mass is 355 g/mol. The second kappa shape index (κ2) is 5.26. The normalized spacial score (nSPS) is 29.1. The summed E-state index contributed by atoms with van der Waals surface area (Å²) in [7, 11) is -3.13. The lowest BCUT2D eigenvalue weighted by Gasteiger charge is -2.23. The number of nitrogens with zero attached hydrogens (tertiary/aromatic N) is 3. The number of rotatable bonds is 4. The van der Waals surface area contributed by atoms with Crippen LogP contribution in [0.15, 0.2) is 5.38 Å². The Bertz CT molecular complexity index is 741. The van der Waals surface area contributed by atoms with Crippen molar-refractivity contribution in [2.75, 3.05) is 19.6 Å². The number of aromatic nitrogens is 1. The Morgan fingerprint density at radius 1 is 1.39 bits per heavy atom. The Morgan fingerprint density at radius 3 is 2.83 bits per heavy atom. The zero-order chi connectivity index (χ0) is 16.2. The summed E-state index contributed by atoms with van der Waals surface area (Å²) >= 11 is 1.59. The van der Waals surface area contributed by atoms with Crippen LogP contribution in [0, 0.1) is 12.3 Å². The highest BCUT2D eigenvalue weighted by molar-refractivity contribution is 7.90. The molecular formula is C15H21N3O3S2. The number of hydrogen-bond donors (Lipinski definition) is 0. The van der Waals surface area contributed by atoms with Crippen LogP contribution in [0.3, 0.4) is 0 Å². The van der Waals surface area contributed by atoms with E-state index in [1.165, 1.54) is 0 Å². The van der Waals surface area contributed by atoms with Gasteiger partial charge in [0.15, 0.2) is 0 Å². The molecule has 4 rings (SSSR count). The van der Waals surface area contributed by atoms with E-state index in [1.807, 2.05) is 17.2 Å². The Morgan fingerprint density at radius 2 is 2.17 bits per heavy atom. The third-order valence-electron chi connectivity index (χ3n) is 5.13. The number of carbonyl (C=O) groups excluding carboxylic acids is 1. The summed E-state index contributed by atoms with van der Waals surface area (Å²) in [5.41, 5.74) is 0.739. The lowest BCUT2D eigenvalue weighted by molar-refractivity contribution is -0.128. The molecule has 23 heavy (non-hydrogen) atoms. The third kappa shape index (κ3) is 2.81. The van der Waals surface area contributed by atoms with Gasteiger partial charge in [0, 0.05) is 36.9 Å². The molecule has 0 N–H and O–H groups in total. The van der Waals surface area contributed by atoms with Gasteiger partial charge in [-0.3, -0.25) is 4.79 Å². The van der Waals surface area contributed by atoms with Gasteiger partial charge < -0.3 is 4.90 Å². The first-order valence-corrected chi connectivity index (χ1v) is 10.4. The summed E-state index contributed by atoms with van der Waals surface area (Å²) in [4.78, 5) is 18.7. The summed E-state index contributed by atoms with van der Waals surface area (Å²) in [5.74, 6) is 0.126. The molecule has 1 aromatic rings. The van der Waals surface area contributed by atoms with E-state index in [-0.39, 0.29) is 16.6 Å². The van der Waals surface area contributed by atoms with E-state index in [1.54, 1.807) is 15.6 Å². The first kappa shape index (κ1) is 15.5. The van der Waals surface area contributed by atoms with E-state index in [4.69, 9.17) is 0 Å². The van der Waals surface area contributed by atoms with E-state index < -0.39 is 10.0 Å². The number of hydrogen-bond acceptors (Lipinski definition) is 5. The second-order valence-corrected chi connectivity index (χ2v) is 10.4. The van der Waals surface area contributed by atoms with Crippen molar-refractivity contribution in [3.8, 4) is 0 Å². The fraction of sp³-hybridized carbons (Fsp3) is 0.733. The summed E-state index contributed by atoms with van der Waals surface area (Å²) < 4.78 is 26.5. The lowest BCUT2D eigenvalue weighted by atomic mass is 9.86. The standard InChI is InChI=1S/C15H21N3O3S2/c1-11-16-12(8-22-11)7-17-9-15(6-14(17)19)4-5-18(10-15)23(20,21)13-2-3-13/h8,13H,2-7,9-10H2,1H3. The predicted molar refractivity (Wildman–Crippen MR) is 87.4 cm³/mol. The molecule has 0 radical (unpaired) electrons. The average molecular weight is 355 g/mol. The van der Waals surface area contributed by atoms with Crippen molar-refractivity contribution >= 4 is 27.3 Å². The Hall–Kier alpha value is -0.990. The van der Waals surface area contributed by atoms with Crippen molar-refractivity contribution in [1.29, 1.82) is 0 Å². The number of aryl methyl sites for hydroxylation is 1. The molecule has 1 saturated carbocycles.